The Morgan fingerprint density at radius 1 is 0.298 bits per heavy atom. The van der Waals surface area contributed by atoms with Gasteiger partial charge in [-0.15, -0.1) is 0 Å². The van der Waals surface area contributed by atoms with Crippen molar-refractivity contribution in [3.8, 4) is 11.4 Å². The molecule has 0 unspecified atom stereocenters. The highest BCUT2D eigenvalue weighted by Crippen LogP contribution is 2.46. The number of halogens is 2. The van der Waals surface area contributed by atoms with E-state index in [9.17, 15) is 19.2 Å². The Bertz CT molecular complexity index is 5110. The summed E-state index contributed by atoms with van der Waals surface area (Å²) in [6.45, 7) is 25.1. The van der Waals surface area contributed by atoms with Gasteiger partial charge in [0, 0.05) is 41.3 Å². The fraction of sp³-hybridized carbons (Fsp3) is 0.158. The highest BCUT2D eigenvalue weighted by molar-refractivity contribution is 9.15. The SMILES string of the molecule is C=C(Br)c1cc(C(C)C)c(-n2c(=O)c3ccc4c5cc6cc7ccc8cc9cc%10c(cc9cc8ccc7cc6cc5c5ccc(c2=O)c3c45)c2ccc3c(=O)n(-c4c(C(C)C)cc(C(=C)Br)cc4C(C)C)c(=O)c4ccc%10c2c43)c(C(C)C)c1. The summed E-state index contributed by atoms with van der Waals surface area (Å²) < 4.78 is 4.38. The van der Waals surface area contributed by atoms with E-state index in [0.717, 1.165) is 150 Å². The molecule has 0 aliphatic carbocycles. The number of nitrogens with zero attached hydrogens (tertiary/aromatic N) is 2. The van der Waals surface area contributed by atoms with Gasteiger partial charge in [-0.2, -0.15) is 0 Å². The second kappa shape index (κ2) is 18.5. The molecule has 13 aromatic carbocycles. The number of rotatable bonds is 8. The summed E-state index contributed by atoms with van der Waals surface area (Å²) in [6.07, 6.45) is 0. The van der Waals surface area contributed by atoms with E-state index in [2.05, 4.69) is 222 Å². The molecular weight excluding hydrogens is 1160 g/mol. The summed E-state index contributed by atoms with van der Waals surface area (Å²) in [4.78, 5) is 59.9. The van der Waals surface area contributed by atoms with Crippen LogP contribution in [0.2, 0.25) is 0 Å². The quantitative estimate of drug-likeness (QED) is 0.152. The Labute approximate surface area is 499 Å². The third-order valence-electron chi connectivity index (χ3n) is 18.4. The first-order valence-corrected chi connectivity index (χ1v) is 30.5. The molecule has 0 aliphatic heterocycles. The summed E-state index contributed by atoms with van der Waals surface area (Å²) in [5.74, 6) is 0.154. The molecule has 8 heteroatoms. The van der Waals surface area contributed by atoms with E-state index in [0.29, 0.717) is 32.9 Å². The van der Waals surface area contributed by atoms with Gasteiger partial charge in [-0.25, -0.2) is 9.13 Å². The van der Waals surface area contributed by atoms with E-state index in [1.54, 1.807) is 0 Å². The van der Waals surface area contributed by atoms with E-state index in [-0.39, 0.29) is 45.9 Å². The van der Waals surface area contributed by atoms with Crippen molar-refractivity contribution in [1.82, 2.24) is 9.13 Å². The molecule has 0 saturated heterocycles. The van der Waals surface area contributed by atoms with Crippen molar-refractivity contribution < 1.29 is 0 Å². The van der Waals surface area contributed by atoms with E-state index in [1.807, 2.05) is 24.3 Å². The number of aromatic nitrogens is 2. The first kappa shape index (κ1) is 52.3. The Morgan fingerprint density at radius 2 is 0.512 bits per heavy atom. The topological polar surface area (TPSA) is 78.1 Å². The van der Waals surface area contributed by atoms with Crippen molar-refractivity contribution >= 4 is 170 Å². The van der Waals surface area contributed by atoms with Crippen LogP contribution in [0.5, 0.6) is 0 Å². The van der Waals surface area contributed by atoms with E-state index in [1.165, 1.54) is 9.13 Å². The summed E-state index contributed by atoms with van der Waals surface area (Å²) in [6, 6.07) is 51.2. The van der Waals surface area contributed by atoms with Gasteiger partial charge in [0.25, 0.3) is 22.2 Å². The largest absolute Gasteiger partial charge is 0.268 e. The van der Waals surface area contributed by atoms with Gasteiger partial charge < -0.3 is 0 Å². The maximum absolute atomic E-state index is 15.0. The average molecular weight is 1220 g/mol. The van der Waals surface area contributed by atoms with Crippen molar-refractivity contribution in [3.05, 3.63) is 234 Å². The Kier molecular flexibility index (Phi) is 11.5. The summed E-state index contributed by atoms with van der Waals surface area (Å²) in [5.41, 5.74) is 5.70. The molecule has 0 radical (unpaired) electrons. The predicted molar refractivity (Wildman–Crippen MR) is 366 cm³/mol. The summed E-state index contributed by atoms with van der Waals surface area (Å²) in [7, 11) is 0. The lowest BCUT2D eigenvalue weighted by molar-refractivity contribution is 0.792. The minimum Gasteiger partial charge on any atom is -0.268 e. The molecule has 408 valence electrons. The molecule has 2 aromatic heterocycles. The van der Waals surface area contributed by atoms with Crippen molar-refractivity contribution in [2.24, 2.45) is 0 Å². The number of hydrogen-bond acceptors (Lipinski definition) is 4. The van der Waals surface area contributed by atoms with E-state index >= 15 is 0 Å². The summed E-state index contributed by atoms with van der Waals surface area (Å²) in [5, 5.41) is 22.7. The van der Waals surface area contributed by atoms with Gasteiger partial charge in [-0.05, 0) is 251 Å². The molecule has 0 saturated carbocycles. The molecule has 15 rings (SSSR count). The van der Waals surface area contributed by atoms with Crippen molar-refractivity contribution in [1.29, 1.82) is 0 Å². The first-order chi connectivity index (χ1) is 40.3. The van der Waals surface area contributed by atoms with Crippen molar-refractivity contribution in [2.45, 2.75) is 79.1 Å². The molecule has 84 heavy (non-hydrogen) atoms. The van der Waals surface area contributed by atoms with Crippen LogP contribution in [0.25, 0.3) is 150 Å². The lowest BCUT2D eigenvalue weighted by atomic mass is 9.89. The van der Waals surface area contributed by atoms with Gasteiger partial charge in [0.2, 0.25) is 0 Å². The maximum atomic E-state index is 15.0. The summed E-state index contributed by atoms with van der Waals surface area (Å²) >= 11 is 7.18. The van der Waals surface area contributed by atoms with Crippen LogP contribution >= 0.6 is 31.9 Å². The molecule has 2 heterocycles. The normalized spacial score (nSPS) is 12.6. The van der Waals surface area contributed by atoms with Gasteiger partial charge in [0.15, 0.2) is 0 Å². The van der Waals surface area contributed by atoms with Crippen LogP contribution in [0.4, 0.5) is 0 Å². The van der Waals surface area contributed by atoms with Crippen LogP contribution < -0.4 is 22.2 Å². The fourth-order valence-corrected chi connectivity index (χ4v) is 14.7. The maximum Gasteiger partial charge on any atom is 0.266 e. The predicted octanol–water partition coefficient (Wildman–Crippen LogP) is 20.1. The third kappa shape index (κ3) is 7.32. The number of pyridine rings is 2. The number of hydrogen-bond donors (Lipinski definition) is 0. The average Bonchev–Trinajstić information content (AvgIpc) is 4.04. The zero-order valence-electron chi connectivity index (χ0n) is 47.9. The van der Waals surface area contributed by atoms with Crippen LogP contribution in [-0.4, -0.2) is 9.13 Å². The molecule has 0 aliphatic rings. The molecule has 0 atom stereocenters. The Balaban J connectivity index is 0.866. The third-order valence-corrected chi connectivity index (χ3v) is 19.3. The second-order valence-electron chi connectivity index (χ2n) is 24.6. The molecule has 0 amide bonds. The molecule has 0 fully saturated rings. The molecule has 0 N–H and O–H groups in total. The van der Waals surface area contributed by atoms with Crippen LogP contribution in [0.3, 0.4) is 0 Å². The number of benzene rings is 10. The molecular formula is C76H56Br2N2O4. The lowest BCUT2D eigenvalue weighted by Crippen LogP contribution is -2.33. The minimum atomic E-state index is -0.306. The fourth-order valence-electron chi connectivity index (χ4n) is 14.2. The van der Waals surface area contributed by atoms with Gasteiger partial charge in [0.1, 0.15) is 0 Å². The van der Waals surface area contributed by atoms with Crippen molar-refractivity contribution in [2.75, 3.05) is 0 Å². The zero-order valence-corrected chi connectivity index (χ0v) is 51.0. The van der Waals surface area contributed by atoms with Crippen molar-refractivity contribution in [3.63, 3.8) is 0 Å². The Hall–Kier alpha value is -8.56. The van der Waals surface area contributed by atoms with Crippen LogP contribution in [0.15, 0.2) is 178 Å². The van der Waals surface area contributed by atoms with Gasteiger partial charge in [-0.1, -0.05) is 149 Å². The lowest BCUT2D eigenvalue weighted by Gasteiger charge is -2.23. The highest BCUT2D eigenvalue weighted by Gasteiger charge is 2.28. The van der Waals surface area contributed by atoms with E-state index < -0.39 is 0 Å². The Morgan fingerprint density at radius 3 is 0.726 bits per heavy atom. The molecule has 0 bridgehead atoms. The van der Waals surface area contributed by atoms with Crippen LogP contribution in [-0.2, 0) is 0 Å². The molecule has 0 spiro atoms. The number of fused-ring (bicyclic) bond motifs is 10. The van der Waals surface area contributed by atoms with Gasteiger partial charge >= 0.3 is 0 Å². The van der Waals surface area contributed by atoms with E-state index in [4.69, 9.17) is 0 Å². The smallest absolute Gasteiger partial charge is 0.266 e. The van der Waals surface area contributed by atoms with Crippen LogP contribution in [0, 0.1) is 0 Å². The first-order valence-electron chi connectivity index (χ1n) is 28.9. The minimum absolute atomic E-state index is 0.0385. The second-order valence-corrected chi connectivity index (χ2v) is 26.5. The standard InChI is InChI=1S/C76H56Br2N2O4/c1-35(2)59-27-45(39(9)77)28-60(36(3)4)71(59)79-73(81)55-19-15-51-63-31-47-23-41-11-13-43-25-49-33-65-53-17-21-57-70-58(76(84)80(75(57)83)72-61(37(5)6)29-46(40(10)78)30-62(72)38(7)8)22-18-54(68(53)70)66(65)34-50(49)26-44(43)14-12-42(41)24-48(47)32-64(63)52-16-20-56(74(79)82)69(55)67(51)52/h11-38H,9-10H2,1-8H3. The molecule has 6 nitrogen and oxygen atoms in total. The molecule has 15 aromatic rings. The monoisotopic (exact) mass is 1220 g/mol. The van der Waals surface area contributed by atoms with Crippen LogP contribution in [0.1, 0.15) is 112 Å². The highest BCUT2D eigenvalue weighted by atomic mass is 79.9. The van der Waals surface area contributed by atoms with Gasteiger partial charge in [-0.3, -0.25) is 19.2 Å². The zero-order chi connectivity index (χ0) is 58.4. The van der Waals surface area contributed by atoms with Gasteiger partial charge in [0.05, 0.1) is 11.4 Å².